The van der Waals surface area contributed by atoms with Crippen LogP contribution in [0.1, 0.15) is 12.8 Å². The second-order valence-corrected chi connectivity index (χ2v) is 3.78. The van der Waals surface area contributed by atoms with Crippen LogP contribution in [0.25, 0.3) is 0 Å². The van der Waals surface area contributed by atoms with Gasteiger partial charge in [-0.2, -0.15) is 0 Å². The van der Waals surface area contributed by atoms with Gasteiger partial charge in [0.2, 0.25) is 5.82 Å². The minimum atomic E-state index is -0.427. The van der Waals surface area contributed by atoms with Crippen molar-refractivity contribution in [2.24, 2.45) is 0 Å². The molecule has 1 heterocycles. The van der Waals surface area contributed by atoms with Crippen molar-refractivity contribution < 1.29 is 4.92 Å². The van der Waals surface area contributed by atoms with Gasteiger partial charge in [-0.05, 0) is 18.9 Å². The van der Waals surface area contributed by atoms with Crippen molar-refractivity contribution in [3.8, 4) is 0 Å². The number of rotatable bonds is 6. The Morgan fingerprint density at radius 3 is 3.00 bits per heavy atom. The Hall–Kier alpha value is -1.69. The summed E-state index contributed by atoms with van der Waals surface area (Å²) in [5.41, 5.74) is 0.0221. The maximum atomic E-state index is 10.7. The van der Waals surface area contributed by atoms with Crippen LogP contribution < -0.4 is 10.6 Å². The van der Waals surface area contributed by atoms with Gasteiger partial charge in [-0.25, -0.2) is 4.98 Å². The van der Waals surface area contributed by atoms with E-state index in [1.807, 2.05) is 0 Å². The Balaban J connectivity index is 1.84. The molecule has 0 saturated heterocycles. The molecule has 2 N–H and O–H groups in total. The zero-order chi connectivity index (χ0) is 11.4. The Kier molecular flexibility index (Phi) is 3.31. The van der Waals surface area contributed by atoms with Crippen LogP contribution in [0.5, 0.6) is 0 Å². The van der Waals surface area contributed by atoms with Crippen LogP contribution in [0, 0.1) is 10.1 Å². The zero-order valence-corrected chi connectivity index (χ0v) is 8.85. The van der Waals surface area contributed by atoms with Crippen molar-refractivity contribution >= 4 is 11.5 Å². The third kappa shape index (κ3) is 2.90. The molecule has 2 rings (SSSR count). The highest BCUT2D eigenvalue weighted by Crippen LogP contribution is 2.20. The van der Waals surface area contributed by atoms with E-state index in [9.17, 15) is 10.1 Å². The van der Waals surface area contributed by atoms with Gasteiger partial charge in [-0.15, -0.1) is 0 Å². The van der Waals surface area contributed by atoms with Crippen molar-refractivity contribution in [3.63, 3.8) is 0 Å². The maximum absolute atomic E-state index is 10.7. The van der Waals surface area contributed by atoms with Crippen LogP contribution in [0.4, 0.5) is 11.5 Å². The van der Waals surface area contributed by atoms with Gasteiger partial charge in [-0.3, -0.25) is 10.1 Å². The molecular weight excluding hydrogens is 208 g/mol. The quantitative estimate of drug-likeness (QED) is 0.429. The number of hydrogen-bond acceptors (Lipinski definition) is 5. The number of nitro groups is 1. The monoisotopic (exact) mass is 222 g/mol. The lowest BCUT2D eigenvalue weighted by Crippen LogP contribution is -2.24. The molecule has 1 aromatic heterocycles. The fourth-order valence-corrected chi connectivity index (χ4v) is 1.42. The van der Waals surface area contributed by atoms with Gasteiger partial charge in [0.1, 0.15) is 0 Å². The number of pyridine rings is 1. The predicted octanol–water partition coefficient (Wildman–Crippen LogP) is 1.15. The second kappa shape index (κ2) is 4.89. The lowest BCUT2D eigenvalue weighted by molar-refractivity contribution is -0.384. The third-order valence-corrected chi connectivity index (χ3v) is 2.41. The van der Waals surface area contributed by atoms with Gasteiger partial charge in [0.15, 0.2) is 0 Å². The molecular formula is C10H14N4O2. The van der Waals surface area contributed by atoms with Crippen molar-refractivity contribution in [2.75, 3.05) is 18.4 Å². The van der Waals surface area contributed by atoms with Crippen LogP contribution in [0.2, 0.25) is 0 Å². The summed E-state index contributed by atoms with van der Waals surface area (Å²) in [4.78, 5) is 14.2. The Morgan fingerprint density at radius 2 is 2.31 bits per heavy atom. The van der Waals surface area contributed by atoms with Gasteiger partial charge in [0.05, 0.1) is 4.92 Å². The molecule has 1 saturated carbocycles. The molecule has 0 unspecified atom stereocenters. The lowest BCUT2D eigenvalue weighted by Gasteiger charge is -2.06. The van der Waals surface area contributed by atoms with E-state index in [4.69, 9.17) is 0 Å². The van der Waals surface area contributed by atoms with Gasteiger partial charge < -0.3 is 10.6 Å². The summed E-state index contributed by atoms with van der Waals surface area (Å²) in [5.74, 6) is 0.338. The summed E-state index contributed by atoms with van der Waals surface area (Å²) in [5, 5.41) is 17.0. The Labute approximate surface area is 93.2 Å². The molecule has 0 radical (unpaired) electrons. The molecule has 6 nitrogen and oxygen atoms in total. The highest BCUT2D eigenvalue weighted by Gasteiger charge is 2.19. The number of hydrogen-bond donors (Lipinski definition) is 2. The second-order valence-electron chi connectivity index (χ2n) is 3.78. The summed E-state index contributed by atoms with van der Waals surface area (Å²) in [6, 6.07) is 3.66. The van der Waals surface area contributed by atoms with Gasteiger partial charge in [0, 0.05) is 31.4 Å². The van der Waals surface area contributed by atoms with Crippen molar-refractivity contribution in [3.05, 3.63) is 28.4 Å². The molecule has 0 atom stereocenters. The van der Waals surface area contributed by atoms with Crippen LogP contribution in [-0.4, -0.2) is 29.0 Å². The van der Waals surface area contributed by atoms with Gasteiger partial charge in [0.25, 0.3) is 0 Å². The van der Waals surface area contributed by atoms with Crippen LogP contribution in [0.3, 0.4) is 0 Å². The number of anilines is 1. The Bertz CT molecular complexity index is 379. The van der Waals surface area contributed by atoms with Gasteiger partial charge in [-0.1, -0.05) is 0 Å². The first kappa shape index (κ1) is 10.8. The Morgan fingerprint density at radius 1 is 1.50 bits per heavy atom. The highest BCUT2D eigenvalue weighted by molar-refractivity contribution is 5.54. The maximum Gasteiger partial charge on any atom is 0.311 e. The summed E-state index contributed by atoms with van der Waals surface area (Å²) in [6.45, 7) is 1.45. The third-order valence-electron chi connectivity index (χ3n) is 2.41. The largest absolute Gasteiger partial charge is 0.363 e. The first-order chi connectivity index (χ1) is 7.77. The van der Waals surface area contributed by atoms with Crippen molar-refractivity contribution in [1.29, 1.82) is 0 Å². The molecule has 16 heavy (non-hydrogen) atoms. The molecule has 86 valence electrons. The average Bonchev–Trinajstić information content (AvgIpc) is 3.08. The molecule has 1 aromatic rings. The minimum absolute atomic E-state index is 0.0221. The van der Waals surface area contributed by atoms with Crippen LogP contribution in [-0.2, 0) is 0 Å². The summed E-state index contributed by atoms with van der Waals surface area (Å²) in [6.07, 6.45) is 4.02. The van der Waals surface area contributed by atoms with E-state index in [0.717, 1.165) is 6.54 Å². The number of aromatic nitrogens is 1. The van der Waals surface area contributed by atoms with E-state index in [1.54, 1.807) is 12.3 Å². The van der Waals surface area contributed by atoms with Crippen LogP contribution >= 0.6 is 0 Å². The van der Waals surface area contributed by atoms with E-state index < -0.39 is 4.92 Å². The van der Waals surface area contributed by atoms with E-state index in [1.165, 1.54) is 18.9 Å². The van der Waals surface area contributed by atoms with E-state index in [2.05, 4.69) is 15.6 Å². The lowest BCUT2D eigenvalue weighted by atomic mass is 10.4. The van der Waals surface area contributed by atoms with Crippen molar-refractivity contribution in [1.82, 2.24) is 10.3 Å². The topological polar surface area (TPSA) is 80.1 Å². The molecule has 6 heteroatoms. The zero-order valence-electron chi connectivity index (χ0n) is 8.85. The smallest absolute Gasteiger partial charge is 0.311 e. The van der Waals surface area contributed by atoms with E-state index in [0.29, 0.717) is 18.4 Å². The van der Waals surface area contributed by atoms with Gasteiger partial charge >= 0.3 is 5.69 Å². The molecule has 1 aliphatic rings. The molecule has 0 bridgehead atoms. The predicted molar refractivity (Wildman–Crippen MR) is 60.4 cm³/mol. The first-order valence-electron chi connectivity index (χ1n) is 5.34. The molecule has 0 aromatic carbocycles. The molecule has 1 aliphatic carbocycles. The molecule has 0 aliphatic heterocycles. The summed E-state index contributed by atoms with van der Waals surface area (Å²) in [7, 11) is 0. The SMILES string of the molecule is O=[N+]([O-])c1cccnc1NCCNC1CC1. The average molecular weight is 222 g/mol. The van der Waals surface area contributed by atoms with Crippen LogP contribution in [0.15, 0.2) is 18.3 Å². The standard InChI is InChI=1S/C10H14N4O2/c15-14(16)9-2-1-5-12-10(9)13-7-6-11-8-3-4-8/h1-2,5,8,11H,3-4,6-7H2,(H,12,13). The fraction of sp³-hybridized carbons (Fsp3) is 0.500. The highest BCUT2D eigenvalue weighted by atomic mass is 16.6. The summed E-state index contributed by atoms with van der Waals surface area (Å²) < 4.78 is 0. The van der Waals surface area contributed by atoms with E-state index >= 15 is 0 Å². The molecule has 1 fully saturated rings. The fourth-order valence-electron chi connectivity index (χ4n) is 1.42. The number of nitrogens with one attached hydrogen (secondary N) is 2. The normalized spacial score (nSPS) is 14.8. The molecule has 0 amide bonds. The summed E-state index contributed by atoms with van der Waals surface area (Å²) >= 11 is 0. The number of nitrogens with zero attached hydrogens (tertiary/aromatic N) is 2. The molecule has 0 spiro atoms. The minimum Gasteiger partial charge on any atom is -0.363 e. The van der Waals surface area contributed by atoms with Crippen molar-refractivity contribution in [2.45, 2.75) is 18.9 Å². The first-order valence-corrected chi connectivity index (χ1v) is 5.34. The van der Waals surface area contributed by atoms with E-state index in [-0.39, 0.29) is 5.69 Å².